The number of rotatable bonds is 3. The molecule has 19 heavy (non-hydrogen) atoms. The minimum Gasteiger partial charge on any atom is -0.306 e. The Morgan fingerprint density at radius 1 is 1.26 bits per heavy atom. The van der Waals surface area contributed by atoms with Gasteiger partial charge >= 0.3 is 11.9 Å². The zero-order valence-corrected chi connectivity index (χ0v) is 11.8. The van der Waals surface area contributed by atoms with E-state index in [4.69, 9.17) is 11.6 Å². The fourth-order valence-electron chi connectivity index (χ4n) is 1.76. The Morgan fingerprint density at radius 2 is 1.84 bits per heavy atom. The minimum absolute atomic E-state index is 0.218. The van der Waals surface area contributed by atoms with Gasteiger partial charge in [-0.25, -0.2) is 4.79 Å². The summed E-state index contributed by atoms with van der Waals surface area (Å²) in [6.07, 6.45) is -5.40. The topological polar surface area (TPSA) is 48.6 Å². The van der Waals surface area contributed by atoms with Crippen molar-refractivity contribution in [1.29, 1.82) is 0 Å². The summed E-state index contributed by atoms with van der Waals surface area (Å²) in [7, 11) is 0. The normalized spacial score (nSPS) is 13.9. The first-order valence-electron chi connectivity index (χ1n) is 5.38. The SMILES string of the molecule is O=c1[nH]c2cc(Br)c(C(Cl)CCC(F)(F)F)cc2[nH]1. The average molecular weight is 358 g/mol. The molecule has 0 aliphatic carbocycles. The molecule has 0 amide bonds. The van der Waals surface area contributed by atoms with Crippen LogP contribution in [0.15, 0.2) is 21.4 Å². The van der Waals surface area contributed by atoms with Crippen LogP contribution in [0.25, 0.3) is 11.0 Å². The molecule has 0 aliphatic rings. The lowest BCUT2D eigenvalue weighted by atomic mass is 10.1. The Hall–Kier alpha value is -0.950. The summed E-state index contributed by atoms with van der Waals surface area (Å²) >= 11 is 9.24. The van der Waals surface area contributed by atoms with Crippen molar-refractivity contribution >= 4 is 38.6 Å². The molecule has 1 unspecified atom stereocenters. The van der Waals surface area contributed by atoms with Crippen molar-refractivity contribution in [3.05, 3.63) is 32.7 Å². The molecule has 104 valence electrons. The van der Waals surface area contributed by atoms with Gasteiger partial charge in [-0.3, -0.25) is 0 Å². The van der Waals surface area contributed by atoms with Gasteiger partial charge in [0.05, 0.1) is 16.4 Å². The standard InChI is InChI=1S/C11H9BrClF3N2O/c12-6-4-9-8(17-10(19)18-9)3-5(6)7(13)1-2-11(14,15)16/h3-4,7H,1-2H2,(H2,17,18,19). The Bertz CT molecular complexity index is 649. The Labute approximate surface area is 119 Å². The van der Waals surface area contributed by atoms with Crippen LogP contribution < -0.4 is 5.69 Å². The van der Waals surface area contributed by atoms with Crippen LogP contribution in [0.5, 0.6) is 0 Å². The van der Waals surface area contributed by atoms with Crippen LogP contribution in [0.2, 0.25) is 0 Å². The molecule has 2 rings (SSSR count). The van der Waals surface area contributed by atoms with E-state index in [2.05, 4.69) is 25.9 Å². The summed E-state index contributed by atoms with van der Waals surface area (Å²) < 4.78 is 37.1. The molecule has 1 heterocycles. The van der Waals surface area contributed by atoms with Crippen molar-refractivity contribution in [3.8, 4) is 0 Å². The molecule has 0 spiro atoms. The first-order valence-corrected chi connectivity index (χ1v) is 6.61. The highest BCUT2D eigenvalue weighted by molar-refractivity contribution is 9.10. The molecule has 0 saturated heterocycles. The molecule has 0 aliphatic heterocycles. The predicted octanol–water partition coefficient (Wildman–Crippen LogP) is 4.24. The van der Waals surface area contributed by atoms with Gasteiger partial charge in [-0.05, 0) is 24.1 Å². The van der Waals surface area contributed by atoms with E-state index < -0.39 is 18.0 Å². The van der Waals surface area contributed by atoms with Crippen LogP contribution in [-0.4, -0.2) is 16.1 Å². The second-order valence-corrected chi connectivity index (χ2v) is 5.50. The molecule has 1 atom stereocenters. The molecule has 1 aromatic heterocycles. The van der Waals surface area contributed by atoms with E-state index in [0.717, 1.165) is 0 Å². The minimum atomic E-state index is -4.23. The number of H-pyrrole nitrogens is 2. The van der Waals surface area contributed by atoms with E-state index in [9.17, 15) is 18.0 Å². The monoisotopic (exact) mass is 356 g/mol. The zero-order chi connectivity index (χ0) is 14.2. The molecule has 1 aromatic carbocycles. The van der Waals surface area contributed by atoms with Crippen molar-refractivity contribution in [2.45, 2.75) is 24.4 Å². The molecule has 8 heteroatoms. The molecular formula is C11H9BrClF3N2O. The van der Waals surface area contributed by atoms with Gasteiger partial charge in [0.15, 0.2) is 0 Å². The van der Waals surface area contributed by atoms with Crippen molar-refractivity contribution in [2.75, 3.05) is 0 Å². The predicted molar refractivity (Wildman–Crippen MR) is 70.5 cm³/mol. The van der Waals surface area contributed by atoms with Crippen molar-refractivity contribution < 1.29 is 13.2 Å². The third kappa shape index (κ3) is 3.54. The molecule has 2 aromatic rings. The van der Waals surface area contributed by atoms with E-state index in [1.165, 1.54) is 0 Å². The lowest BCUT2D eigenvalue weighted by molar-refractivity contribution is -0.135. The highest BCUT2D eigenvalue weighted by atomic mass is 79.9. The highest BCUT2D eigenvalue weighted by Gasteiger charge is 2.28. The third-order valence-corrected chi connectivity index (χ3v) is 3.79. The summed E-state index contributed by atoms with van der Waals surface area (Å²) in [4.78, 5) is 16.2. The fraction of sp³-hybridized carbons (Fsp3) is 0.364. The Balaban J connectivity index is 2.28. The summed E-state index contributed by atoms with van der Waals surface area (Å²) in [5.41, 5.74) is 1.23. The van der Waals surface area contributed by atoms with Crippen LogP contribution in [0.3, 0.4) is 0 Å². The fourth-order valence-corrected chi connectivity index (χ4v) is 2.80. The second-order valence-electron chi connectivity index (χ2n) is 4.12. The number of alkyl halides is 4. The lowest BCUT2D eigenvalue weighted by Crippen LogP contribution is -2.08. The second kappa shape index (κ2) is 5.20. The van der Waals surface area contributed by atoms with Gasteiger partial charge in [0.2, 0.25) is 0 Å². The number of nitrogens with one attached hydrogen (secondary N) is 2. The van der Waals surface area contributed by atoms with Crippen LogP contribution in [0.1, 0.15) is 23.8 Å². The van der Waals surface area contributed by atoms with E-state index in [1.807, 2.05) is 0 Å². The van der Waals surface area contributed by atoms with Crippen molar-refractivity contribution in [3.63, 3.8) is 0 Å². The zero-order valence-electron chi connectivity index (χ0n) is 9.44. The van der Waals surface area contributed by atoms with Gasteiger partial charge in [-0.1, -0.05) is 15.9 Å². The van der Waals surface area contributed by atoms with Gasteiger partial charge in [0, 0.05) is 10.9 Å². The van der Waals surface area contributed by atoms with E-state index in [0.29, 0.717) is 21.1 Å². The van der Waals surface area contributed by atoms with E-state index >= 15 is 0 Å². The largest absolute Gasteiger partial charge is 0.389 e. The van der Waals surface area contributed by atoms with Gasteiger partial charge in [-0.2, -0.15) is 13.2 Å². The number of aromatic amines is 2. The maximum absolute atomic E-state index is 12.2. The number of fused-ring (bicyclic) bond motifs is 1. The number of imidazole rings is 1. The number of halogens is 5. The number of hydrogen-bond donors (Lipinski definition) is 2. The Morgan fingerprint density at radius 3 is 2.42 bits per heavy atom. The molecule has 0 fully saturated rings. The quantitative estimate of drug-likeness (QED) is 0.793. The third-order valence-electron chi connectivity index (χ3n) is 2.65. The first-order chi connectivity index (χ1) is 8.76. The van der Waals surface area contributed by atoms with Crippen molar-refractivity contribution in [1.82, 2.24) is 9.97 Å². The summed E-state index contributed by atoms with van der Waals surface area (Å²) in [6, 6.07) is 3.19. The van der Waals surface area contributed by atoms with Gasteiger partial charge in [0.1, 0.15) is 0 Å². The summed E-state index contributed by atoms with van der Waals surface area (Å²) in [5, 5.41) is -0.779. The maximum Gasteiger partial charge on any atom is 0.389 e. The molecule has 0 radical (unpaired) electrons. The number of aromatic nitrogens is 2. The van der Waals surface area contributed by atoms with Crippen LogP contribution in [0, 0.1) is 0 Å². The Kier molecular flexibility index (Phi) is 3.96. The highest BCUT2D eigenvalue weighted by Crippen LogP contribution is 2.36. The molecular weight excluding hydrogens is 348 g/mol. The van der Waals surface area contributed by atoms with E-state index in [-0.39, 0.29) is 12.1 Å². The van der Waals surface area contributed by atoms with Crippen LogP contribution >= 0.6 is 27.5 Å². The first kappa shape index (κ1) is 14.5. The van der Waals surface area contributed by atoms with Gasteiger partial charge in [-0.15, -0.1) is 11.6 Å². The average Bonchev–Trinajstić information content (AvgIpc) is 2.63. The molecule has 0 bridgehead atoms. The molecule has 3 nitrogen and oxygen atoms in total. The maximum atomic E-state index is 12.2. The summed E-state index contributed by atoms with van der Waals surface area (Å²) in [6.45, 7) is 0. The number of benzene rings is 1. The van der Waals surface area contributed by atoms with E-state index in [1.54, 1.807) is 12.1 Å². The van der Waals surface area contributed by atoms with Crippen LogP contribution in [-0.2, 0) is 0 Å². The lowest BCUT2D eigenvalue weighted by Gasteiger charge is -2.13. The molecule has 0 saturated carbocycles. The number of hydrogen-bond acceptors (Lipinski definition) is 1. The van der Waals surface area contributed by atoms with Gasteiger partial charge in [0.25, 0.3) is 0 Å². The van der Waals surface area contributed by atoms with Crippen molar-refractivity contribution in [2.24, 2.45) is 0 Å². The molecule has 2 N–H and O–H groups in total. The van der Waals surface area contributed by atoms with Gasteiger partial charge < -0.3 is 9.97 Å². The van der Waals surface area contributed by atoms with Crippen LogP contribution in [0.4, 0.5) is 13.2 Å². The summed E-state index contributed by atoms with van der Waals surface area (Å²) in [5.74, 6) is 0. The smallest absolute Gasteiger partial charge is 0.306 e.